The zero-order chi connectivity index (χ0) is 13.6. The van der Waals surface area contributed by atoms with Crippen LogP contribution in [0.25, 0.3) is 0 Å². The fourth-order valence-electron chi connectivity index (χ4n) is 2.08. The number of rotatable bonds is 1. The maximum atomic E-state index is 5.96. The Balaban J connectivity index is 2.10. The molecule has 2 saturated heterocycles. The molecule has 2 aliphatic rings. The topological polar surface area (TPSA) is 55.4 Å². The van der Waals surface area contributed by atoms with Gasteiger partial charge in [0, 0.05) is 5.54 Å². The van der Waals surface area contributed by atoms with Gasteiger partial charge in [0.1, 0.15) is 6.10 Å². The lowest BCUT2D eigenvalue weighted by atomic mass is 10.4. The van der Waals surface area contributed by atoms with Gasteiger partial charge < -0.3 is 27.5 Å². The molecule has 0 saturated carbocycles. The van der Waals surface area contributed by atoms with Gasteiger partial charge in [0.05, 0.1) is 52.9 Å². The Morgan fingerprint density at radius 2 is 1.32 bits per heavy atom. The van der Waals surface area contributed by atoms with Crippen molar-refractivity contribution < 1.29 is 27.5 Å². The molecular formula is C12H24O6Si. The van der Waals surface area contributed by atoms with Crippen LogP contribution in [-0.2, 0) is 27.5 Å². The Labute approximate surface area is 115 Å². The Bertz CT molecular complexity index is 249. The minimum absolute atomic E-state index is 0.0464. The SMILES string of the molecule is CC(C)[Si]12OCCOCC(COCCO1)OCCO2. The fourth-order valence-corrected chi connectivity index (χ4v) is 4.44. The van der Waals surface area contributed by atoms with Gasteiger partial charge in [0.25, 0.3) is 0 Å². The normalized spacial score (nSPS) is 35.2. The molecule has 0 radical (unpaired) electrons. The number of hydrogen-bond donors (Lipinski definition) is 0. The maximum absolute atomic E-state index is 5.96. The van der Waals surface area contributed by atoms with Crippen LogP contribution in [0.15, 0.2) is 0 Å². The Morgan fingerprint density at radius 1 is 0.789 bits per heavy atom. The van der Waals surface area contributed by atoms with Gasteiger partial charge in [0.15, 0.2) is 0 Å². The summed E-state index contributed by atoms with van der Waals surface area (Å²) in [5.41, 5.74) is 0.199. The predicted molar refractivity (Wildman–Crippen MR) is 70.1 cm³/mol. The van der Waals surface area contributed by atoms with E-state index in [4.69, 9.17) is 27.5 Å². The molecule has 0 aromatic carbocycles. The van der Waals surface area contributed by atoms with Crippen molar-refractivity contribution in [2.75, 3.05) is 52.9 Å². The van der Waals surface area contributed by atoms with Crippen LogP contribution >= 0.6 is 0 Å². The quantitative estimate of drug-likeness (QED) is 0.667. The molecule has 6 nitrogen and oxygen atoms in total. The van der Waals surface area contributed by atoms with E-state index in [0.717, 1.165) is 0 Å². The number of hydrogen-bond acceptors (Lipinski definition) is 6. The molecule has 2 aliphatic heterocycles. The van der Waals surface area contributed by atoms with E-state index in [1.165, 1.54) is 0 Å². The largest absolute Gasteiger partial charge is 0.503 e. The highest BCUT2D eigenvalue weighted by Gasteiger charge is 2.45. The molecule has 0 unspecified atom stereocenters. The lowest BCUT2D eigenvalue weighted by Crippen LogP contribution is -2.50. The van der Waals surface area contributed by atoms with Crippen molar-refractivity contribution in [3.8, 4) is 0 Å². The molecule has 0 amide bonds. The summed E-state index contributed by atoms with van der Waals surface area (Å²) in [6.07, 6.45) is -0.0464. The van der Waals surface area contributed by atoms with Crippen LogP contribution < -0.4 is 0 Å². The smallest absolute Gasteiger partial charge is 0.376 e. The Hall–Kier alpha value is -0.0231. The summed E-state index contributed by atoms with van der Waals surface area (Å²) < 4.78 is 34.7. The van der Waals surface area contributed by atoms with Crippen molar-refractivity contribution in [2.45, 2.75) is 25.5 Å². The molecule has 0 N–H and O–H groups in total. The average Bonchev–Trinajstić information content (AvgIpc) is 2.45. The van der Waals surface area contributed by atoms with Crippen LogP contribution in [0, 0.1) is 0 Å². The minimum atomic E-state index is -2.68. The molecule has 2 heterocycles. The van der Waals surface area contributed by atoms with Gasteiger partial charge in [-0.05, 0) is 0 Å². The highest BCUT2D eigenvalue weighted by Crippen LogP contribution is 2.25. The molecule has 112 valence electrons. The van der Waals surface area contributed by atoms with E-state index < -0.39 is 8.80 Å². The van der Waals surface area contributed by atoms with E-state index in [1.54, 1.807) is 0 Å². The maximum Gasteiger partial charge on any atom is 0.503 e. The molecule has 19 heavy (non-hydrogen) atoms. The zero-order valence-electron chi connectivity index (χ0n) is 11.8. The van der Waals surface area contributed by atoms with E-state index in [9.17, 15) is 0 Å². The van der Waals surface area contributed by atoms with Crippen molar-refractivity contribution in [3.63, 3.8) is 0 Å². The summed E-state index contributed by atoms with van der Waals surface area (Å²) in [6.45, 7) is 8.22. The molecule has 0 atom stereocenters. The molecule has 7 heteroatoms. The predicted octanol–water partition coefficient (Wildman–Crippen LogP) is 0.831. The number of ether oxygens (including phenoxy) is 3. The van der Waals surface area contributed by atoms with E-state index >= 15 is 0 Å². The molecule has 0 spiro atoms. The van der Waals surface area contributed by atoms with Crippen LogP contribution in [0.5, 0.6) is 0 Å². The summed E-state index contributed by atoms with van der Waals surface area (Å²) in [5, 5.41) is 0. The van der Waals surface area contributed by atoms with Gasteiger partial charge in [0.2, 0.25) is 0 Å². The monoisotopic (exact) mass is 292 g/mol. The average molecular weight is 292 g/mol. The van der Waals surface area contributed by atoms with Gasteiger partial charge in [-0.25, -0.2) is 0 Å². The zero-order valence-corrected chi connectivity index (χ0v) is 12.8. The van der Waals surface area contributed by atoms with E-state index in [1.807, 2.05) is 0 Å². The van der Waals surface area contributed by atoms with E-state index in [2.05, 4.69) is 13.8 Å². The van der Waals surface area contributed by atoms with Crippen LogP contribution in [0.2, 0.25) is 5.54 Å². The van der Waals surface area contributed by atoms with Crippen LogP contribution in [-0.4, -0.2) is 67.8 Å². The first-order chi connectivity index (χ1) is 9.23. The second kappa shape index (κ2) is 7.68. The van der Waals surface area contributed by atoms with Gasteiger partial charge in [-0.2, -0.15) is 0 Å². The lowest BCUT2D eigenvalue weighted by molar-refractivity contribution is -0.0668. The van der Waals surface area contributed by atoms with E-state index in [0.29, 0.717) is 52.9 Å². The van der Waals surface area contributed by atoms with Crippen molar-refractivity contribution in [3.05, 3.63) is 0 Å². The van der Waals surface area contributed by atoms with Crippen LogP contribution in [0.1, 0.15) is 13.8 Å². The summed E-state index contributed by atoms with van der Waals surface area (Å²) in [6, 6.07) is 0. The van der Waals surface area contributed by atoms with Gasteiger partial charge in [-0.1, -0.05) is 13.8 Å². The molecule has 2 rings (SSSR count). The number of fused-ring (bicyclic) bond motifs is 5. The standard InChI is InChI=1S/C12H24O6Si/c1-11(2)19-16-6-3-13-9-12(15-5-8-18-19)10-14-4-7-17-19/h11-12H,3-10H2,1-2H3. The first kappa shape index (κ1) is 15.4. The van der Waals surface area contributed by atoms with Gasteiger partial charge in [-0.15, -0.1) is 0 Å². The Kier molecular flexibility index (Phi) is 6.21. The fraction of sp³-hybridized carbons (Fsp3) is 1.00. The highest BCUT2D eigenvalue weighted by atomic mass is 28.4. The first-order valence-electron chi connectivity index (χ1n) is 6.92. The molecule has 0 aromatic heterocycles. The molecular weight excluding hydrogens is 268 g/mol. The van der Waals surface area contributed by atoms with Crippen molar-refractivity contribution in [1.29, 1.82) is 0 Å². The molecule has 0 aromatic rings. The third kappa shape index (κ3) is 4.49. The Morgan fingerprint density at radius 3 is 1.84 bits per heavy atom. The van der Waals surface area contributed by atoms with Gasteiger partial charge in [-0.3, -0.25) is 0 Å². The summed E-state index contributed by atoms with van der Waals surface area (Å²) in [7, 11) is -2.68. The molecule has 2 bridgehead atoms. The summed E-state index contributed by atoms with van der Waals surface area (Å²) >= 11 is 0. The van der Waals surface area contributed by atoms with Crippen LogP contribution in [0.3, 0.4) is 0 Å². The second-order valence-corrected chi connectivity index (χ2v) is 8.17. The first-order valence-corrected chi connectivity index (χ1v) is 8.72. The van der Waals surface area contributed by atoms with E-state index in [-0.39, 0.29) is 11.6 Å². The minimum Gasteiger partial charge on any atom is -0.376 e. The van der Waals surface area contributed by atoms with Gasteiger partial charge >= 0.3 is 8.80 Å². The third-order valence-electron chi connectivity index (χ3n) is 3.12. The molecule has 0 aliphatic carbocycles. The van der Waals surface area contributed by atoms with Crippen LogP contribution in [0.4, 0.5) is 0 Å². The second-order valence-electron chi connectivity index (χ2n) is 4.95. The van der Waals surface area contributed by atoms with Crippen molar-refractivity contribution in [1.82, 2.24) is 0 Å². The van der Waals surface area contributed by atoms with Crippen molar-refractivity contribution >= 4 is 8.80 Å². The lowest BCUT2D eigenvalue weighted by Gasteiger charge is -2.32. The summed E-state index contributed by atoms with van der Waals surface area (Å²) in [4.78, 5) is 0. The third-order valence-corrected chi connectivity index (χ3v) is 6.35. The highest BCUT2D eigenvalue weighted by molar-refractivity contribution is 6.62. The molecule has 2 fully saturated rings. The summed E-state index contributed by atoms with van der Waals surface area (Å²) in [5.74, 6) is 0. The van der Waals surface area contributed by atoms with Crippen molar-refractivity contribution in [2.24, 2.45) is 0 Å².